The Bertz CT molecular complexity index is 655. The van der Waals surface area contributed by atoms with Crippen molar-refractivity contribution in [3.05, 3.63) is 59.2 Å². The molecule has 0 aliphatic rings. The zero-order valence-corrected chi connectivity index (χ0v) is 14.0. The average molecular weight is 315 g/mol. The SMILES string of the molecule is CCOC(=S)Nc1ccccc1COc1ccc(C)cc1C. The molecule has 0 amide bonds. The van der Waals surface area contributed by atoms with Crippen LogP contribution in [-0.4, -0.2) is 11.8 Å². The topological polar surface area (TPSA) is 30.5 Å². The zero-order chi connectivity index (χ0) is 15.9. The number of thiocarbonyl (C=S) groups is 1. The molecule has 0 aliphatic carbocycles. The molecule has 4 heteroatoms. The molecule has 3 nitrogen and oxygen atoms in total. The summed E-state index contributed by atoms with van der Waals surface area (Å²) in [6.45, 7) is 7.05. The Hall–Kier alpha value is -2.07. The lowest BCUT2D eigenvalue weighted by molar-refractivity contribution is 0.304. The molecule has 0 heterocycles. The molecule has 22 heavy (non-hydrogen) atoms. The molecule has 0 spiro atoms. The Morgan fingerprint density at radius 3 is 2.64 bits per heavy atom. The lowest BCUT2D eigenvalue weighted by atomic mass is 10.1. The van der Waals surface area contributed by atoms with E-state index in [4.69, 9.17) is 21.7 Å². The van der Waals surface area contributed by atoms with Gasteiger partial charge in [0.15, 0.2) is 0 Å². The molecule has 116 valence electrons. The summed E-state index contributed by atoms with van der Waals surface area (Å²) in [6.07, 6.45) is 0. The van der Waals surface area contributed by atoms with Gasteiger partial charge in [-0.25, -0.2) is 0 Å². The number of nitrogens with one attached hydrogen (secondary N) is 1. The van der Waals surface area contributed by atoms with Crippen LogP contribution in [0.4, 0.5) is 5.69 Å². The van der Waals surface area contributed by atoms with Gasteiger partial charge in [0, 0.05) is 11.3 Å². The maximum absolute atomic E-state index is 5.94. The molecule has 0 saturated carbocycles. The summed E-state index contributed by atoms with van der Waals surface area (Å²) in [5.41, 5.74) is 4.31. The Kier molecular flexibility index (Phi) is 5.78. The quantitative estimate of drug-likeness (QED) is 0.816. The second-order valence-corrected chi connectivity index (χ2v) is 5.43. The molecule has 1 N–H and O–H groups in total. The highest BCUT2D eigenvalue weighted by atomic mass is 32.1. The van der Waals surface area contributed by atoms with Crippen molar-refractivity contribution in [3.8, 4) is 5.75 Å². The molecular weight excluding hydrogens is 294 g/mol. The van der Waals surface area contributed by atoms with Gasteiger partial charge >= 0.3 is 0 Å². The molecule has 0 bridgehead atoms. The number of ether oxygens (including phenoxy) is 2. The lowest BCUT2D eigenvalue weighted by Crippen LogP contribution is -2.14. The van der Waals surface area contributed by atoms with E-state index in [0.717, 1.165) is 22.6 Å². The van der Waals surface area contributed by atoms with Gasteiger partial charge in [0.25, 0.3) is 5.17 Å². The first-order valence-corrected chi connectivity index (χ1v) is 7.72. The molecule has 0 unspecified atom stereocenters. The van der Waals surface area contributed by atoms with Crippen molar-refractivity contribution in [3.63, 3.8) is 0 Å². The van der Waals surface area contributed by atoms with Crippen LogP contribution in [0.3, 0.4) is 0 Å². The van der Waals surface area contributed by atoms with E-state index < -0.39 is 0 Å². The van der Waals surface area contributed by atoms with E-state index >= 15 is 0 Å². The van der Waals surface area contributed by atoms with Crippen LogP contribution in [0.25, 0.3) is 0 Å². The van der Waals surface area contributed by atoms with Gasteiger partial charge in [0.1, 0.15) is 12.4 Å². The van der Waals surface area contributed by atoms with Crippen LogP contribution in [0.15, 0.2) is 42.5 Å². The standard InChI is InChI=1S/C18H21NO2S/c1-4-20-18(22)19-16-8-6-5-7-15(16)12-21-17-10-9-13(2)11-14(17)3/h5-11H,4,12H2,1-3H3,(H,19,22). The lowest BCUT2D eigenvalue weighted by Gasteiger charge is -2.14. The Labute approximate surface area is 137 Å². The normalized spacial score (nSPS) is 10.1. The van der Waals surface area contributed by atoms with Crippen LogP contribution in [0.1, 0.15) is 23.6 Å². The fourth-order valence-electron chi connectivity index (χ4n) is 2.16. The second-order valence-electron chi connectivity index (χ2n) is 5.06. The van der Waals surface area contributed by atoms with Gasteiger partial charge in [-0.1, -0.05) is 35.9 Å². The van der Waals surface area contributed by atoms with Gasteiger partial charge < -0.3 is 14.8 Å². The van der Waals surface area contributed by atoms with Crippen molar-refractivity contribution >= 4 is 23.1 Å². The number of hydrogen-bond acceptors (Lipinski definition) is 3. The average Bonchev–Trinajstić information content (AvgIpc) is 2.48. The third-order valence-electron chi connectivity index (χ3n) is 3.24. The summed E-state index contributed by atoms with van der Waals surface area (Å²) in [4.78, 5) is 0. The Morgan fingerprint density at radius 2 is 1.91 bits per heavy atom. The highest BCUT2D eigenvalue weighted by Crippen LogP contribution is 2.22. The number of rotatable bonds is 5. The molecule has 2 aromatic carbocycles. The number of para-hydroxylation sites is 1. The molecule has 2 rings (SSSR count). The number of aryl methyl sites for hydroxylation is 2. The van der Waals surface area contributed by atoms with Crippen LogP contribution in [-0.2, 0) is 11.3 Å². The van der Waals surface area contributed by atoms with Crippen molar-refractivity contribution in [2.24, 2.45) is 0 Å². The predicted octanol–water partition coefficient (Wildman–Crippen LogP) is 4.62. The molecule has 0 aliphatic heterocycles. The van der Waals surface area contributed by atoms with Crippen molar-refractivity contribution in [2.45, 2.75) is 27.4 Å². The van der Waals surface area contributed by atoms with E-state index in [0.29, 0.717) is 18.4 Å². The smallest absolute Gasteiger partial charge is 0.261 e. The molecule has 0 saturated heterocycles. The molecular formula is C18H21NO2S. The maximum atomic E-state index is 5.94. The number of anilines is 1. The first kappa shape index (κ1) is 16.3. The minimum absolute atomic E-state index is 0.376. The van der Waals surface area contributed by atoms with Gasteiger partial charge in [-0.05, 0) is 50.7 Å². The first-order chi connectivity index (χ1) is 10.6. The summed E-state index contributed by atoms with van der Waals surface area (Å²) in [6, 6.07) is 14.1. The molecule has 0 aromatic heterocycles. The van der Waals surface area contributed by atoms with Crippen molar-refractivity contribution in [2.75, 3.05) is 11.9 Å². The van der Waals surface area contributed by atoms with Crippen LogP contribution >= 0.6 is 12.2 Å². The third kappa shape index (κ3) is 4.46. The molecule has 0 radical (unpaired) electrons. The minimum Gasteiger partial charge on any atom is -0.489 e. The monoisotopic (exact) mass is 315 g/mol. The third-order valence-corrected chi connectivity index (χ3v) is 3.46. The Morgan fingerprint density at radius 1 is 1.14 bits per heavy atom. The number of benzene rings is 2. The van der Waals surface area contributed by atoms with Gasteiger partial charge in [0.2, 0.25) is 0 Å². The van der Waals surface area contributed by atoms with Crippen molar-refractivity contribution in [1.82, 2.24) is 0 Å². The van der Waals surface area contributed by atoms with Gasteiger partial charge in [-0.3, -0.25) is 0 Å². The zero-order valence-electron chi connectivity index (χ0n) is 13.2. The molecule has 2 aromatic rings. The van der Waals surface area contributed by atoms with Gasteiger partial charge in [-0.15, -0.1) is 0 Å². The van der Waals surface area contributed by atoms with E-state index in [1.54, 1.807) is 0 Å². The van der Waals surface area contributed by atoms with E-state index in [1.807, 2.05) is 37.3 Å². The maximum Gasteiger partial charge on any atom is 0.261 e. The highest BCUT2D eigenvalue weighted by Gasteiger charge is 2.06. The fourth-order valence-corrected chi connectivity index (χ4v) is 2.39. The van der Waals surface area contributed by atoms with Crippen molar-refractivity contribution < 1.29 is 9.47 Å². The summed E-state index contributed by atoms with van der Waals surface area (Å²) in [7, 11) is 0. The number of hydrogen-bond donors (Lipinski definition) is 1. The summed E-state index contributed by atoms with van der Waals surface area (Å²) >= 11 is 5.13. The largest absolute Gasteiger partial charge is 0.489 e. The molecule has 0 fully saturated rings. The first-order valence-electron chi connectivity index (χ1n) is 7.32. The van der Waals surface area contributed by atoms with Crippen LogP contribution in [0.2, 0.25) is 0 Å². The van der Waals surface area contributed by atoms with E-state index in [-0.39, 0.29) is 0 Å². The Balaban J connectivity index is 2.08. The summed E-state index contributed by atoms with van der Waals surface area (Å²) in [5.74, 6) is 0.896. The van der Waals surface area contributed by atoms with Gasteiger partial charge in [-0.2, -0.15) is 0 Å². The fraction of sp³-hybridized carbons (Fsp3) is 0.278. The van der Waals surface area contributed by atoms with E-state index in [2.05, 4.69) is 31.3 Å². The van der Waals surface area contributed by atoms with Gasteiger partial charge in [0.05, 0.1) is 6.61 Å². The molecule has 0 atom stereocenters. The minimum atomic E-state index is 0.376. The second kappa shape index (κ2) is 7.80. The van der Waals surface area contributed by atoms with Crippen LogP contribution < -0.4 is 10.1 Å². The van der Waals surface area contributed by atoms with Crippen LogP contribution in [0.5, 0.6) is 5.75 Å². The summed E-state index contributed by atoms with van der Waals surface area (Å²) in [5, 5.41) is 3.48. The van der Waals surface area contributed by atoms with Crippen LogP contribution in [0, 0.1) is 13.8 Å². The highest BCUT2D eigenvalue weighted by molar-refractivity contribution is 7.80. The van der Waals surface area contributed by atoms with E-state index in [9.17, 15) is 0 Å². The van der Waals surface area contributed by atoms with E-state index in [1.165, 1.54) is 5.56 Å². The van der Waals surface area contributed by atoms with Crippen molar-refractivity contribution in [1.29, 1.82) is 0 Å². The summed E-state index contributed by atoms with van der Waals surface area (Å²) < 4.78 is 11.2. The predicted molar refractivity (Wildman–Crippen MR) is 94.5 cm³/mol.